The number of thiophene rings is 1. The lowest BCUT2D eigenvalue weighted by Gasteiger charge is -2.11. The van der Waals surface area contributed by atoms with Crippen LogP contribution in [-0.4, -0.2) is 21.2 Å². The molecular formula is C14H16ClNO2S2. The molecule has 1 N–H and O–H groups in total. The summed E-state index contributed by atoms with van der Waals surface area (Å²) < 4.78 is 23.5. The van der Waals surface area contributed by atoms with Crippen LogP contribution in [0.1, 0.15) is 11.1 Å². The molecule has 0 fully saturated rings. The van der Waals surface area contributed by atoms with Gasteiger partial charge in [-0.1, -0.05) is 17.7 Å². The van der Waals surface area contributed by atoms with E-state index in [1.54, 1.807) is 29.5 Å². The Kier molecular flexibility index (Phi) is 5.21. The molecule has 20 heavy (non-hydrogen) atoms. The van der Waals surface area contributed by atoms with Gasteiger partial charge in [-0.3, -0.25) is 0 Å². The molecular weight excluding hydrogens is 314 g/mol. The molecule has 1 heterocycles. The standard InChI is InChI=1S/C14H16ClNO2S2/c1-20(17,18)14-4-2-3-13(15)12(14)9-16-7-5-11-6-8-19-10-11/h2-4,6,8,10,16H,5,7,9H2,1H3. The van der Waals surface area contributed by atoms with Gasteiger partial charge in [0.1, 0.15) is 0 Å². The Hall–Kier alpha value is -0.880. The van der Waals surface area contributed by atoms with Gasteiger partial charge < -0.3 is 5.32 Å². The maximum atomic E-state index is 11.7. The minimum Gasteiger partial charge on any atom is -0.312 e. The van der Waals surface area contributed by atoms with Crippen LogP contribution in [0.15, 0.2) is 39.9 Å². The van der Waals surface area contributed by atoms with Crippen molar-refractivity contribution in [3.05, 3.63) is 51.2 Å². The van der Waals surface area contributed by atoms with Gasteiger partial charge in [-0.25, -0.2) is 8.42 Å². The van der Waals surface area contributed by atoms with Gasteiger partial charge in [-0.15, -0.1) is 0 Å². The molecule has 108 valence electrons. The second-order valence-electron chi connectivity index (χ2n) is 4.55. The smallest absolute Gasteiger partial charge is 0.175 e. The first kappa shape index (κ1) is 15.5. The molecule has 0 atom stereocenters. The van der Waals surface area contributed by atoms with Crippen LogP contribution < -0.4 is 5.32 Å². The number of halogens is 1. The van der Waals surface area contributed by atoms with Gasteiger partial charge in [-0.05, 0) is 47.5 Å². The summed E-state index contributed by atoms with van der Waals surface area (Å²) in [6, 6.07) is 7.06. The average Bonchev–Trinajstić information content (AvgIpc) is 2.88. The quantitative estimate of drug-likeness (QED) is 0.828. The van der Waals surface area contributed by atoms with Crippen molar-refractivity contribution in [3.63, 3.8) is 0 Å². The molecule has 2 aromatic rings. The van der Waals surface area contributed by atoms with E-state index in [1.807, 2.05) is 5.38 Å². The maximum absolute atomic E-state index is 11.7. The molecule has 0 aliphatic heterocycles. The van der Waals surface area contributed by atoms with Crippen molar-refractivity contribution < 1.29 is 8.42 Å². The van der Waals surface area contributed by atoms with Crippen LogP contribution in [-0.2, 0) is 22.8 Å². The molecule has 1 aromatic heterocycles. The van der Waals surface area contributed by atoms with E-state index in [1.165, 1.54) is 11.8 Å². The highest BCUT2D eigenvalue weighted by atomic mass is 35.5. The zero-order valence-corrected chi connectivity index (χ0v) is 13.5. The third-order valence-corrected chi connectivity index (χ3v) is 5.22. The highest BCUT2D eigenvalue weighted by Crippen LogP contribution is 2.23. The summed E-state index contributed by atoms with van der Waals surface area (Å²) in [5.74, 6) is 0. The Morgan fingerprint density at radius 2 is 2.10 bits per heavy atom. The summed E-state index contributed by atoms with van der Waals surface area (Å²) in [4.78, 5) is 0.299. The van der Waals surface area contributed by atoms with E-state index < -0.39 is 9.84 Å². The maximum Gasteiger partial charge on any atom is 0.175 e. The molecule has 1 aromatic carbocycles. The number of sulfone groups is 1. The van der Waals surface area contributed by atoms with Crippen molar-refractivity contribution in [2.75, 3.05) is 12.8 Å². The summed E-state index contributed by atoms with van der Waals surface area (Å²) in [5.41, 5.74) is 1.92. The van der Waals surface area contributed by atoms with Gasteiger partial charge in [0.05, 0.1) is 4.90 Å². The Labute approximate surface area is 128 Å². The monoisotopic (exact) mass is 329 g/mol. The summed E-state index contributed by atoms with van der Waals surface area (Å²) in [6.07, 6.45) is 2.12. The first-order valence-corrected chi connectivity index (χ1v) is 9.39. The van der Waals surface area contributed by atoms with E-state index in [2.05, 4.69) is 16.8 Å². The number of rotatable bonds is 6. The van der Waals surface area contributed by atoms with E-state index in [9.17, 15) is 8.42 Å². The van der Waals surface area contributed by atoms with Crippen molar-refractivity contribution in [2.45, 2.75) is 17.9 Å². The van der Waals surface area contributed by atoms with E-state index in [0.717, 1.165) is 13.0 Å². The Morgan fingerprint density at radius 3 is 2.75 bits per heavy atom. The Morgan fingerprint density at radius 1 is 1.30 bits per heavy atom. The van der Waals surface area contributed by atoms with Crippen LogP contribution in [0.2, 0.25) is 5.02 Å². The van der Waals surface area contributed by atoms with Crippen molar-refractivity contribution in [3.8, 4) is 0 Å². The van der Waals surface area contributed by atoms with Gasteiger partial charge in [-0.2, -0.15) is 11.3 Å². The van der Waals surface area contributed by atoms with E-state index in [0.29, 0.717) is 22.0 Å². The van der Waals surface area contributed by atoms with Crippen LogP contribution in [0.4, 0.5) is 0 Å². The van der Waals surface area contributed by atoms with E-state index in [-0.39, 0.29) is 0 Å². The van der Waals surface area contributed by atoms with E-state index >= 15 is 0 Å². The molecule has 3 nitrogen and oxygen atoms in total. The number of benzene rings is 1. The fourth-order valence-corrected chi connectivity index (χ4v) is 3.89. The molecule has 0 saturated carbocycles. The molecule has 0 unspecified atom stereocenters. The van der Waals surface area contributed by atoms with Gasteiger partial charge >= 0.3 is 0 Å². The van der Waals surface area contributed by atoms with Crippen LogP contribution in [0.25, 0.3) is 0 Å². The zero-order valence-electron chi connectivity index (χ0n) is 11.1. The largest absolute Gasteiger partial charge is 0.312 e. The zero-order chi connectivity index (χ0) is 14.6. The molecule has 6 heteroatoms. The average molecular weight is 330 g/mol. The fourth-order valence-electron chi connectivity index (χ4n) is 1.94. The lowest BCUT2D eigenvalue weighted by molar-refractivity contribution is 0.598. The van der Waals surface area contributed by atoms with Gasteiger partial charge in [0.15, 0.2) is 9.84 Å². The first-order valence-electron chi connectivity index (χ1n) is 6.18. The predicted octanol–water partition coefficient (Wildman–Crippen LogP) is 3.14. The summed E-state index contributed by atoms with van der Waals surface area (Å²) >= 11 is 7.79. The molecule has 0 radical (unpaired) electrons. The lowest BCUT2D eigenvalue weighted by Crippen LogP contribution is -2.18. The minimum absolute atomic E-state index is 0.299. The normalized spacial score (nSPS) is 11.7. The minimum atomic E-state index is -3.26. The van der Waals surface area contributed by atoms with Crippen LogP contribution in [0, 0.1) is 0 Å². The van der Waals surface area contributed by atoms with Crippen molar-refractivity contribution in [1.82, 2.24) is 5.32 Å². The third-order valence-electron chi connectivity index (χ3n) is 2.95. The molecule has 2 rings (SSSR count). The third kappa shape index (κ3) is 4.06. The number of nitrogens with one attached hydrogen (secondary N) is 1. The second-order valence-corrected chi connectivity index (χ2v) is 7.72. The molecule has 0 amide bonds. The van der Waals surface area contributed by atoms with Crippen LogP contribution >= 0.6 is 22.9 Å². The number of hydrogen-bond acceptors (Lipinski definition) is 4. The lowest BCUT2D eigenvalue weighted by atomic mass is 10.2. The van der Waals surface area contributed by atoms with E-state index in [4.69, 9.17) is 11.6 Å². The Balaban J connectivity index is 2.02. The summed E-state index contributed by atoms with van der Waals surface area (Å²) in [7, 11) is -3.26. The van der Waals surface area contributed by atoms with Gasteiger partial charge in [0, 0.05) is 23.4 Å². The van der Waals surface area contributed by atoms with Crippen LogP contribution in [0.5, 0.6) is 0 Å². The van der Waals surface area contributed by atoms with Crippen LogP contribution in [0.3, 0.4) is 0 Å². The molecule has 0 aliphatic carbocycles. The number of hydrogen-bond donors (Lipinski definition) is 1. The molecule has 0 spiro atoms. The second kappa shape index (κ2) is 6.72. The van der Waals surface area contributed by atoms with Crippen molar-refractivity contribution in [1.29, 1.82) is 0 Å². The van der Waals surface area contributed by atoms with Gasteiger partial charge in [0.2, 0.25) is 0 Å². The highest BCUT2D eigenvalue weighted by molar-refractivity contribution is 7.90. The van der Waals surface area contributed by atoms with Gasteiger partial charge in [0.25, 0.3) is 0 Å². The van der Waals surface area contributed by atoms with Crippen molar-refractivity contribution >= 4 is 32.8 Å². The highest BCUT2D eigenvalue weighted by Gasteiger charge is 2.15. The SMILES string of the molecule is CS(=O)(=O)c1cccc(Cl)c1CNCCc1ccsc1. The fraction of sp³-hybridized carbons (Fsp3) is 0.286. The summed E-state index contributed by atoms with van der Waals surface area (Å²) in [6.45, 7) is 1.23. The molecule has 0 bridgehead atoms. The van der Waals surface area contributed by atoms with Crippen molar-refractivity contribution in [2.24, 2.45) is 0 Å². The molecule has 0 aliphatic rings. The Bertz CT molecular complexity index is 666. The first-order chi connectivity index (χ1) is 9.48. The summed E-state index contributed by atoms with van der Waals surface area (Å²) in [5, 5.41) is 7.89. The topological polar surface area (TPSA) is 46.2 Å². The predicted molar refractivity (Wildman–Crippen MR) is 84.3 cm³/mol. The molecule has 0 saturated heterocycles.